The first-order chi connectivity index (χ1) is 10.1. The molecule has 0 fully saturated rings. The maximum absolute atomic E-state index is 12.9. The molecule has 0 bridgehead atoms. The summed E-state index contributed by atoms with van der Waals surface area (Å²) in [4.78, 5) is 4.47. The molecule has 0 aliphatic heterocycles. The van der Waals surface area contributed by atoms with Crippen LogP contribution in [0.1, 0.15) is 0 Å². The summed E-state index contributed by atoms with van der Waals surface area (Å²) in [5.74, 6) is -0.261. The molecular formula is C15H10BrCl2FN2S. The average molecular weight is 420 g/mol. The van der Waals surface area contributed by atoms with Crippen molar-refractivity contribution in [1.29, 1.82) is 0 Å². The molecule has 2 aromatic carbocycles. The molecule has 114 valence electrons. The number of halogens is 4. The van der Waals surface area contributed by atoms with Crippen molar-refractivity contribution in [2.45, 2.75) is 0 Å². The molecule has 0 aliphatic carbocycles. The molecule has 22 heavy (non-hydrogen) atoms. The van der Waals surface area contributed by atoms with Gasteiger partial charge in [0.1, 0.15) is 5.82 Å². The quantitative estimate of drug-likeness (QED) is 0.518. The second-order valence-corrected chi connectivity index (χ2v) is 5.97. The van der Waals surface area contributed by atoms with Gasteiger partial charge in [-0.05, 0) is 42.5 Å². The van der Waals surface area contributed by atoms with Gasteiger partial charge in [-0.15, -0.1) is 28.3 Å². The van der Waals surface area contributed by atoms with E-state index in [0.717, 1.165) is 22.1 Å². The minimum absolute atomic E-state index is 0. The van der Waals surface area contributed by atoms with Crippen molar-refractivity contribution in [2.75, 3.05) is 5.32 Å². The number of benzene rings is 2. The van der Waals surface area contributed by atoms with Crippen molar-refractivity contribution < 1.29 is 4.39 Å². The van der Waals surface area contributed by atoms with E-state index in [2.05, 4.69) is 10.3 Å². The number of nitrogens with one attached hydrogen (secondary N) is 1. The van der Waals surface area contributed by atoms with Crippen LogP contribution in [0.4, 0.5) is 15.2 Å². The second-order valence-electron chi connectivity index (χ2n) is 4.30. The molecule has 0 unspecified atom stereocenters. The Bertz CT molecular complexity index is 777. The third-order valence-corrected chi connectivity index (χ3v) is 4.31. The van der Waals surface area contributed by atoms with Crippen LogP contribution in [-0.4, -0.2) is 4.98 Å². The van der Waals surface area contributed by atoms with Crippen molar-refractivity contribution in [3.63, 3.8) is 0 Å². The Kier molecular flexibility index (Phi) is 5.81. The first-order valence-electron chi connectivity index (χ1n) is 6.05. The molecule has 1 N–H and O–H groups in total. The van der Waals surface area contributed by atoms with Crippen LogP contribution in [0.25, 0.3) is 11.3 Å². The van der Waals surface area contributed by atoms with E-state index < -0.39 is 0 Å². The van der Waals surface area contributed by atoms with E-state index in [0.29, 0.717) is 10.0 Å². The fourth-order valence-electron chi connectivity index (χ4n) is 1.78. The van der Waals surface area contributed by atoms with Gasteiger partial charge in [-0.25, -0.2) is 9.37 Å². The van der Waals surface area contributed by atoms with Gasteiger partial charge in [-0.1, -0.05) is 23.2 Å². The van der Waals surface area contributed by atoms with E-state index in [1.807, 2.05) is 11.4 Å². The highest BCUT2D eigenvalue weighted by Crippen LogP contribution is 2.30. The maximum Gasteiger partial charge on any atom is 0.187 e. The molecule has 0 aliphatic rings. The topological polar surface area (TPSA) is 24.9 Å². The van der Waals surface area contributed by atoms with Gasteiger partial charge in [0, 0.05) is 16.6 Å². The molecule has 3 rings (SSSR count). The lowest BCUT2D eigenvalue weighted by Crippen LogP contribution is -1.89. The largest absolute Gasteiger partial charge is 0.331 e. The van der Waals surface area contributed by atoms with Crippen LogP contribution >= 0.6 is 51.5 Å². The summed E-state index contributed by atoms with van der Waals surface area (Å²) in [6, 6.07) is 11.5. The van der Waals surface area contributed by atoms with Gasteiger partial charge in [-0.3, -0.25) is 0 Å². The Labute approximate surface area is 151 Å². The molecule has 2 nitrogen and oxygen atoms in total. The van der Waals surface area contributed by atoms with E-state index >= 15 is 0 Å². The minimum atomic E-state index is -0.261. The lowest BCUT2D eigenvalue weighted by atomic mass is 10.2. The summed E-state index contributed by atoms with van der Waals surface area (Å²) in [5, 5.41) is 6.79. The van der Waals surface area contributed by atoms with Gasteiger partial charge < -0.3 is 5.32 Å². The lowest BCUT2D eigenvalue weighted by Gasteiger charge is -2.03. The molecule has 0 spiro atoms. The van der Waals surface area contributed by atoms with Crippen molar-refractivity contribution >= 4 is 62.3 Å². The Morgan fingerprint density at radius 2 is 1.73 bits per heavy atom. The molecular weight excluding hydrogens is 410 g/mol. The van der Waals surface area contributed by atoms with E-state index in [-0.39, 0.29) is 22.8 Å². The minimum Gasteiger partial charge on any atom is -0.331 e. The van der Waals surface area contributed by atoms with Crippen molar-refractivity contribution in [3.8, 4) is 11.3 Å². The van der Waals surface area contributed by atoms with Crippen LogP contribution in [-0.2, 0) is 0 Å². The summed E-state index contributed by atoms with van der Waals surface area (Å²) >= 11 is 13.3. The standard InChI is InChI=1S/C15H9Cl2FN2S.BrH/c16-12-6-5-11(7-13(12)17)19-15-20-14(8-21-15)9-1-3-10(18)4-2-9;/h1-8H,(H,19,20);1H. The molecule has 7 heteroatoms. The normalized spacial score (nSPS) is 10.1. The Hall–Kier alpha value is -1.14. The van der Waals surface area contributed by atoms with Gasteiger partial charge in [0.2, 0.25) is 0 Å². The number of anilines is 2. The number of thiazole rings is 1. The second kappa shape index (κ2) is 7.42. The first-order valence-corrected chi connectivity index (χ1v) is 7.69. The third kappa shape index (κ3) is 3.98. The summed E-state index contributed by atoms with van der Waals surface area (Å²) < 4.78 is 12.9. The van der Waals surface area contributed by atoms with E-state index in [9.17, 15) is 4.39 Å². The highest BCUT2D eigenvalue weighted by molar-refractivity contribution is 8.93. The lowest BCUT2D eigenvalue weighted by molar-refractivity contribution is 0.628. The van der Waals surface area contributed by atoms with Crippen LogP contribution in [0, 0.1) is 5.82 Å². The van der Waals surface area contributed by atoms with Crippen molar-refractivity contribution in [2.24, 2.45) is 0 Å². The number of nitrogens with zero attached hydrogens (tertiary/aromatic N) is 1. The fourth-order valence-corrected chi connectivity index (χ4v) is 2.82. The predicted molar refractivity (Wildman–Crippen MR) is 97.6 cm³/mol. The van der Waals surface area contributed by atoms with Crippen LogP contribution in [0.15, 0.2) is 47.8 Å². The van der Waals surface area contributed by atoms with Crippen LogP contribution in [0.5, 0.6) is 0 Å². The molecule has 0 saturated carbocycles. The molecule has 0 amide bonds. The van der Waals surface area contributed by atoms with Gasteiger partial charge in [-0.2, -0.15) is 0 Å². The van der Waals surface area contributed by atoms with Gasteiger partial charge >= 0.3 is 0 Å². The molecule has 3 aromatic rings. The van der Waals surface area contributed by atoms with Crippen LogP contribution in [0.3, 0.4) is 0 Å². The first kappa shape index (κ1) is 17.2. The van der Waals surface area contributed by atoms with Crippen LogP contribution < -0.4 is 5.32 Å². The zero-order valence-electron chi connectivity index (χ0n) is 11.0. The number of hydrogen-bond donors (Lipinski definition) is 1. The summed E-state index contributed by atoms with van der Waals surface area (Å²) in [6.45, 7) is 0. The molecule has 1 heterocycles. The molecule has 0 radical (unpaired) electrons. The summed E-state index contributed by atoms with van der Waals surface area (Å²) in [5.41, 5.74) is 2.47. The summed E-state index contributed by atoms with van der Waals surface area (Å²) in [7, 11) is 0. The summed E-state index contributed by atoms with van der Waals surface area (Å²) in [6.07, 6.45) is 0. The Balaban J connectivity index is 0.00000176. The van der Waals surface area contributed by atoms with E-state index in [1.165, 1.54) is 23.5 Å². The monoisotopic (exact) mass is 418 g/mol. The Morgan fingerprint density at radius 3 is 2.41 bits per heavy atom. The highest BCUT2D eigenvalue weighted by Gasteiger charge is 2.06. The average Bonchev–Trinajstić information content (AvgIpc) is 2.92. The fraction of sp³-hybridized carbons (Fsp3) is 0. The zero-order chi connectivity index (χ0) is 14.8. The molecule has 1 aromatic heterocycles. The van der Waals surface area contributed by atoms with Gasteiger partial charge in [0.15, 0.2) is 5.13 Å². The number of hydrogen-bond acceptors (Lipinski definition) is 3. The van der Waals surface area contributed by atoms with Crippen molar-refractivity contribution in [1.82, 2.24) is 4.98 Å². The van der Waals surface area contributed by atoms with E-state index in [4.69, 9.17) is 23.2 Å². The molecule has 0 atom stereocenters. The zero-order valence-corrected chi connectivity index (χ0v) is 15.1. The van der Waals surface area contributed by atoms with Gasteiger partial charge in [0.25, 0.3) is 0 Å². The smallest absolute Gasteiger partial charge is 0.187 e. The van der Waals surface area contributed by atoms with Crippen molar-refractivity contribution in [3.05, 3.63) is 63.7 Å². The number of rotatable bonds is 3. The predicted octanol–water partition coefficient (Wildman–Crippen LogP) is 6.58. The molecule has 0 saturated heterocycles. The maximum atomic E-state index is 12.9. The number of aromatic nitrogens is 1. The van der Waals surface area contributed by atoms with Gasteiger partial charge in [0.05, 0.1) is 15.7 Å². The third-order valence-electron chi connectivity index (χ3n) is 2.82. The highest BCUT2D eigenvalue weighted by atomic mass is 79.9. The van der Waals surface area contributed by atoms with Crippen LogP contribution in [0.2, 0.25) is 10.0 Å². The van der Waals surface area contributed by atoms with E-state index in [1.54, 1.807) is 24.3 Å². The SMILES string of the molecule is Br.Fc1ccc(-c2csc(Nc3ccc(Cl)c(Cl)c3)n2)cc1. The Morgan fingerprint density at radius 1 is 1.00 bits per heavy atom.